The lowest BCUT2D eigenvalue weighted by atomic mass is 10.0. The Balaban J connectivity index is 2.79. The van der Waals surface area contributed by atoms with Gasteiger partial charge in [0.05, 0.1) is 12.3 Å². The van der Waals surface area contributed by atoms with Crippen LogP contribution >= 0.6 is 0 Å². The van der Waals surface area contributed by atoms with Crippen molar-refractivity contribution in [3.63, 3.8) is 0 Å². The van der Waals surface area contributed by atoms with Gasteiger partial charge in [-0.2, -0.15) is 10.4 Å². The van der Waals surface area contributed by atoms with Gasteiger partial charge in [0, 0.05) is 5.56 Å². The number of nitrogens with zero attached hydrogens (tertiary/aromatic N) is 2. The topological polar surface area (TPSA) is 65.2 Å². The first-order valence-electron chi connectivity index (χ1n) is 5.31. The fourth-order valence-electron chi connectivity index (χ4n) is 1.67. The number of amides is 1. The van der Waals surface area contributed by atoms with E-state index in [2.05, 4.69) is 22.7 Å². The van der Waals surface area contributed by atoms with E-state index in [0.717, 1.165) is 16.7 Å². The van der Waals surface area contributed by atoms with Gasteiger partial charge in [-0.25, -0.2) is 5.43 Å². The van der Waals surface area contributed by atoms with Crippen molar-refractivity contribution in [1.29, 1.82) is 5.26 Å². The van der Waals surface area contributed by atoms with Crippen LogP contribution in [-0.4, -0.2) is 12.1 Å². The van der Waals surface area contributed by atoms with Crippen LogP contribution in [0.4, 0.5) is 0 Å². The van der Waals surface area contributed by atoms with Crippen molar-refractivity contribution in [2.45, 2.75) is 27.2 Å². The predicted octanol–water partition coefficient (Wildman–Crippen LogP) is 1.98. The number of aryl methyl sites for hydroxylation is 3. The number of carbonyl (C=O) groups excluding carboxylic acids is 1. The SMILES string of the molecule is Cc1cc(C)c(/C=N\NC(=O)CC#N)c(C)c1. The number of benzene rings is 1. The molecule has 4 heteroatoms. The molecule has 0 saturated heterocycles. The number of nitrogens with one attached hydrogen (secondary N) is 1. The van der Waals surface area contributed by atoms with Gasteiger partial charge in [-0.3, -0.25) is 4.79 Å². The monoisotopic (exact) mass is 229 g/mol. The fraction of sp³-hybridized carbons (Fsp3) is 0.308. The first-order chi connectivity index (χ1) is 8.04. The van der Waals surface area contributed by atoms with E-state index in [1.54, 1.807) is 12.3 Å². The smallest absolute Gasteiger partial charge is 0.254 e. The molecule has 0 spiro atoms. The first-order valence-corrected chi connectivity index (χ1v) is 5.31. The van der Waals surface area contributed by atoms with Crippen LogP contribution in [0.2, 0.25) is 0 Å². The van der Waals surface area contributed by atoms with E-state index < -0.39 is 5.91 Å². The number of hydrogen-bond donors (Lipinski definition) is 1. The van der Waals surface area contributed by atoms with Crippen molar-refractivity contribution in [2.24, 2.45) is 5.10 Å². The van der Waals surface area contributed by atoms with Gasteiger partial charge in [0.1, 0.15) is 6.42 Å². The van der Waals surface area contributed by atoms with Crippen LogP contribution in [-0.2, 0) is 4.79 Å². The summed E-state index contributed by atoms with van der Waals surface area (Å²) in [6.45, 7) is 6.03. The highest BCUT2D eigenvalue weighted by molar-refractivity contribution is 5.85. The Hall–Kier alpha value is -2.15. The van der Waals surface area contributed by atoms with E-state index in [4.69, 9.17) is 5.26 Å². The minimum absolute atomic E-state index is 0.177. The van der Waals surface area contributed by atoms with Gasteiger partial charge in [0.15, 0.2) is 0 Å². The molecule has 0 aliphatic heterocycles. The molecule has 0 atom stereocenters. The summed E-state index contributed by atoms with van der Waals surface area (Å²) >= 11 is 0. The maximum Gasteiger partial charge on any atom is 0.254 e. The lowest BCUT2D eigenvalue weighted by Crippen LogP contribution is -2.16. The van der Waals surface area contributed by atoms with Crippen LogP contribution in [0.1, 0.15) is 28.7 Å². The van der Waals surface area contributed by atoms with Gasteiger partial charge >= 0.3 is 0 Å². The van der Waals surface area contributed by atoms with Crippen LogP contribution in [0, 0.1) is 32.1 Å². The molecule has 1 N–H and O–H groups in total. The average Bonchev–Trinajstić information content (AvgIpc) is 2.22. The molecule has 1 aromatic rings. The maximum absolute atomic E-state index is 11.0. The summed E-state index contributed by atoms with van der Waals surface area (Å²) in [5.41, 5.74) is 6.73. The number of nitriles is 1. The molecular weight excluding hydrogens is 214 g/mol. The van der Waals surface area contributed by atoms with E-state index in [9.17, 15) is 4.79 Å². The number of hydrogen-bond acceptors (Lipinski definition) is 3. The van der Waals surface area contributed by atoms with Gasteiger partial charge < -0.3 is 0 Å². The Kier molecular flexibility index (Phi) is 4.41. The highest BCUT2D eigenvalue weighted by atomic mass is 16.2. The van der Waals surface area contributed by atoms with Gasteiger partial charge in [-0.05, 0) is 31.9 Å². The molecule has 0 saturated carbocycles. The lowest BCUT2D eigenvalue weighted by Gasteiger charge is -2.06. The Morgan fingerprint density at radius 3 is 2.53 bits per heavy atom. The molecule has 4 nitrogen and oxygen atoms in total. The Bertz CT molecular complexity index is 475. The summed E-state index contributed by atoms with van der Waals surface area (Å²) in [6.07, 6.45) is 1.43. The molecular formula is C13H15N3O. The maximum atomic E-state index is 11.0. The molecule has 0 radical (unpaired) electrons. The minimum atomic E-state index is -0.397. The van der Waals surface area contributed by atoms with Crippen molar-refractivity contribution in [3.8, 4) is 6.07 Å². The van der Waals surface area contributed by atoms with Gasteiger partial charge in [-0.15, -0.1) is 0 Å². The third-order valence-corrected chi connectivity index (χ3v) is 2.36. The molecule has 0 aromatic heterocycles. The normalized spacial score (nSPS) is 10.2. The van der Waals surface area contributed by atoms with Crippen LogP contribution in [0.3, 0.4) is 0 Å². The Morgan fingerprint density at radius 1 is 1.41 bits per heavy atom. The molecule has 88 valence electrons. The summed E-state index contributed by atoms with van der Waals surface area (Å²) < 4.78 is 0. The molecule has 1 amide bonds. The Morgan fingerprint density at radius 2 is 2.00 bits per heavy atom. The third kappa shape index (κ3) is 3.72. The quantitative estimate of drug-likeness (QED) is 0.636. The first kappa shape index (κ1) is 12.9. The van der Waals surface area contributed by atoms with E-state index >= 15 is 0 Å². The van der Waals surface area contributed by atoms with Crippen LogP contribution < -0.4 is 5.43 Å². The predicted molar refractivity (Wildman–Crippen MR) is 66.6 cm³/mol. The molecule has 0 bridgehead atoms. The number of rotatable bonds is 3. The highest BCUT2D eigenvalue weighted by Crippen LogP contribution is 2.13. The highest BCUT2D eigenvalue weighted by Gasteiger charge is 2.01. The molecule has 1 aromatic carbocycles. The van der Waals surface area contributed by atoms with Crippen LogP contribution in [0.5, 0.6) is 0 Å². The zero-order valence-electron chi connectivity index (χ0n) is 10.2. The van der Waals surface area contributed by atoms with Crippen molar-refractivity contribution < 1.29 is 4.79 Å². The van der Waals surface area contributed by atoms with Gasteiger partial charge in [-0.1, -0.05) is 17.7 Å². The molecule has 1 rings (SSSR count). The van der Waals surface area contributed by atoms with Crippen molar-refractivity contribution in [3.05, 3.63) is 34.4 Å². The zero-order valence-corrected chi connectivity index (χ0v) is 10.2. The fourth-order valence-corrected chi connectivity index (χ4v) is 1.67. The summed E-state index contributed by atoms with van der Waals surface area (Å²) in [5, 5.41) is 12.1. The Labute approximate surface area is 101 Å². The van der Waals surface area contributed by atoms with E-state index in [1.165, 1.54) is 5.56 Å². The molecule has 0 heterocycles. The van der Waals surface area contributed by atoms with Gasteiger partial charge in [0.25, 0.3) is 5.91 Å². The standard InChI is InChI=1S/C13H15N3O/c1-9-6-10(2)12(11(3)7-9)8-15-16-13(17)4-5-14/h6-8H,4H2,1-3H3,(H,16,17)/b15-8-. The lowest BCUT2D eigenvalue weighted by molar-refractivity contribution is -0.120. The molecule has 0 aliphatic carbocycles. The number of hydrazone groups is 1. The average molecular weight is 229 g/mol. The summed E-state index contributed by atoms with van der Waals surface area (Å²) in [7, 11) is 0. The molecule has 0 fully saturated rings. The largest absolute Gasteiger partial charge is 0.272 e. The summed E-state index contributed by atoms with van der Waals surface area (Å²) in [5.74, 6) is -0.397. The van der Waals surface area contributed by atoms with E-state index in [0.29, 0.717) is 0 Å². The van der Waals surface area contributed by atoms with Crippen molar-refractivity contribution in [1.82, 2.24) is 5.43 Å². The van der Waals surface area contributed by atoms with E-state index in [-0.39, 0.29) is 6.42 Å². The summed E-state index contributed by atoms with van der Waals surface area (Å²) in [4.78, 5) is 11.0. The second-order valence-electron chi connectivity index (χ2n) is 3.94. The number of carbonyl (C=O) groups is 1. The van der Waals surface area contributed by atoms with Crippen molar-refractivity contribution in [2.75, 3.05) is 0 Å². The second-order valence-corrected chi connectivity index (χ2v) is 3.94. The van der Waals surface area contributed by atoms with Crippen LogP contribution in [0.15, 0.2) is 17.2 Å². The summed E-state index contributed by atoms with van der Waals surface area (Å²) in [6, 6.07) is 5.88. The third-order valence-electron chi connectivity index (χ3n) is 2.36. The second kappa shape index (κ2) is 5.80. The minimum Gasteiger partial charge on any atom is -0.272 e. The molecule has 0 aliphatic rings. The zero-order chi connectivity index (χ0) is 12.8. The van der Waals surface area contributed by atoms with Crippen LogP contribution in [0.25, 0.3) is 0 Å². The van der Waals surface area contributed by atoms with Crippen molar-refractivity contribution >= 4 is 12.1 Å². The molecule has 17 heavy (non-hydrogen) atoms. The van der Waals surface area contributed by atoms with Gasteiger partial charge in [0.2, 0.25) is 0 Å². The van der Waals surface area contributed by atoms with E-state index in [1.807, 2.05) is 20.8 Å². The molecule has 0 unspecified atom stereocenters.